The fourth-order valence-electron chi connectivity index (χ4n) is 5.84. The molecule has 0 aromatic heterocycles. The fraction of sp³-hybridized carbons (Fsp3) is 0.609. The first kappa shape index (κ1) is 23.6. The first-order valence-electron chi connectivity index (χ1n) is 11.0. The Labute approximate surface area is 201 Å². The van der Waals surface area contributed by atoms with Gasteiger partial charge in [0.25, 0.3) is 0 Å². The SMILES string of the molecule is CC[C@@H](CO)N1C(=O)[C@@H]2[C@H](C(=O)NC)[C@H]3SC2(CC3Br)C1C(=O)Nc1c(C)cccc1C. The van der Waals surface area contributed by atoms with Crippen molar-refractivity contribution in [3.63, 3.8) is 0 Å². The standard InChI is InChI=1S/C23H30BrN3O4S/c1-5-13(10-28)27-19(21(30)26-17-11(2)7-6-8-12(17)3)23-9-14(24)18(32-23)15(20(29)25-4)16(23)22(27)31/h6-8,13-16,18-19,28H,5,9-10H2,1-4H3,(H,25,29)(H,26,30)/t13-,14?,15-,16-,18-,19?,23?/m0/s1. The van der Waals surface area contributed by atoms with E-state index in [0.29, 0.717) is 12.8 Å². The van der Waals surface area contributed by atoms with Crippen molar-refractivity contribution in [1.82, 2.24) is 10.2 Å². The molecule has 0 radical (unpaired) electrons. The number of likely N-dealkylation sites (tertiary alicyclic amines) is 1. The van der Waals surface area contributed by atoms with Gasteiger partial charge in [-0.05, 0) is 37.8 Å². The van der Waals surface area contributed by atoms with Crippen LogP contribution >= 0.6 is 27.7 Å². The van der Waals surface area contributed by atoms with Gasteiger partial charge in [-0.15, -0.1) is 11.8 Å². The molecule has 32 heavy (non-hydrogen) atoms. The molecule has 3 aliphatic rings. The van der Waals surface area contributed by atoms with E-state index in [2.05, 4.69) is 26.6 Å². The van der Waals surface area contributed by atoms with Gasteiger partial charge in [0.1, 0.15) is 6.04 Å². The predicted molar refractivity (Wildman–Crippen MR) is 129 cm³/mol. The smallest absolute Gasteiger partial charge is 0.248 e. The highest BCUT2D eigenvalue weighted by molar-refractivity contribution is 9.09. The fourth-order valence-corrected chi connectivity index (χ4v) is 9.44. The van der Waals surface area contributed by atoms with Crippen LogP contribution in [0.15, 0.2) is 18.2 Å². The Bertz CT molecular complexity index is 935. The molecule has 3 saturated heterocycles. The summed E-state index contributed by atoms with van der Waals surface area (Å²) < 4.78 is -0.712. The number of thioether (sulfide) groups is 1. The summed E-state index contributed by atoms with van der Waals surface area (Å²) in [7, 11) is 1.58. The van der Waals surface area contributed by atoms with Gasteiger partial charge in [0.2, 0.25) is 17.7 Å². The lowest BCUT2D eigenvalue weighted by Crippen LogP contribution is -2.55. The molecule has 3 N–H and O–H groups in total. The number of carbonyl (C=O) groups is 3. The molecule has 1 aromatic carbocycles. The number of rotatable bonds is 6. The number of aliphatic hydroxyl groups is 1. The van der Waals surface area contributed by atoms with Crippen LogP contribution in [0.25, 0.3) is 0 Å². The van der Waals surface area contributed by atoms with Crippen molar-refractivity contribution in [2.24, 2.45) is 11.8 Å². The molecule has 3 fully saturated rings. The van der Waals surface area contributed by atoms with Gasteiger partial charge in [-0.1, -0.05) is 41.1 Å². The number of halogens is 1. The van der Waals surface area contributed by atoms with E-state index >= 15 is 0 Å². The Morgan fingerprint density at radius 3 is 2.53 bits per heavy atom. The quantitative estimate of drug-likeness (QED) is 0.496. The summed E-state index contributed by atoms with van der Waals surface area (Å²) in [6.07, 6.45) is 1.14. The van der Waals surface area contributed by atoms with Gasteiger partial charge in [-0.2, -0.15) is 0 Å². The Morgan fingerprint density at radius 2 is 1.97 bits per heavy atom. The number of alkyl halides is 1. The van der Waals surface area contributed by atoms with Crippen molar-refractivity contribution < 1.29 is 19.5 Å². The Kier molecular flexibility index (Phi) is 6.37. The van der Waals surface area contributed by atoms with Crippen LogP contribution in [0.3, 0.4) is 0 Å². The van der Waals surface area contributed by atoms with Crippen LogP contribution in [-0.4, -0.2) is 68.3 Å². The molecule has 3 amide bonds. The summed E-state index contributed by atoms with van der Waals surface area (Å²) in [5.41, 5.74) is 2.64. The zero-order valence-electron chi connectivity index (χ0n) is 18.7. The lowest BCUT2D eigenvalue weighted by molar-refractivity contribution is -0.142. The van der Waals surface area contributed by atoms with Crippen LogP contribution in [0.5, 0.6) is 0 Å². The molecule has 1 spiro atoms. The number of fused-ring (bicyclic) bond motifs is 1. The molecule has 1 aromatic rings. The molecule has 0 saturated carbocycles. The molecular formula is C23H30BrN3O4S. The van der Waals surface area contributed by atoms with Crippen molar-refractivity contribution in [1.29, 1.82) is 0 Å². The van der Waals surface area contributed by atoms with E-state index in [1.54, 1.807) is 23.7 Å². The van der Waals surface area contributed by atoms with Crippen molar-refractivity contribution in [2.45, 2.75) is 60.5 Å². The number of amides is 3. The minimum Gasteiger partial charge on any atom is -0.394 e. The highest BCUT2D eigenvalue weighted by Crippen LogP contribution is 2.68. The van der Waals surface area contributed by atoms with Gasteiger partial charge >= 0.3 is 0 Å². The average Bonchev–Trinajstić information content (AvgIpc) is 3.35. The van der Waals surface area contributed by atoms with E-state index in [4.69, 9.17) is 0 Å². The third kappa shape index (κ3) is 3.30. The van der Waals surface area contributed by atoms with Crippen LogP contribution in [-0.2, 0) is 14.4 Å². The second-order valence-electron chi connectivity index (χ2n) is 9.02. The van der Waals surface area contributed by atoms with Crippen LogP contribution < -0.4 is 10.6 Å². The lowest BCUT2D eigenvalue weighted by atomic mass is 9.70. The molecule has 174 valence electrons. The van der Waals surface area contributed by atoms with E-state index in [-0.39, 0.29) is 34.4 Å². The highest BCUT2D eigenvalue weighted by Gasteiger charge is 2.76. The van der Waals surface area contributed by atoms with Crippen molar-refractivity contribution >= 4 is 51.1 Å². The number of carbonyl (C=O) groups excluding carboxylic acids is 3. The summed E-state index contributed by atoms with van der Waals surface area (Å²) in [6.45, 7) is 5.55. The van der Waals surface area contributed by atoms with E-state index in [1.165, 1.54) is 0 Å². The van der Waals surface area contributed by atoms with Crippen LogP contribution in [0.2, 0.25) is 0 Å². The van der Waals surface area contributed by atoms with Crippen molar-refractivity contribution in [3.05, 3.63) is 29.3 Å². The molecule has 4 rings (SSSR count). The molecule has 9 heteroatoms. The molecule has 2 bridgehead atoms. The summed E-state index contributed by atoms with van der Waals surface area (Å²) in [5, 5.41) is 15.8. The second kappa shape index (κ2) is 8.65. The normalized spacial score (nSPS) is 33.9. The number of nitrogens with zero attached hydrogens (tertiary/aromatic N) is 1. The molecular weight excluding hydrogens is 494 g/mol. The van der Waals surface area contributed by atoms with Crippen LogP contribution in [0.1, 0.15) is 30.9 Å². The highest BCUT2D eigenvalue weighted by atomic mass is 79.9. The minimum atomic E-state index is -0.763. The zero-order valence-corrected chi connectivity index (χ0v) is 21.1. The van der Waals surface area contributed by atoms with E-state index in [1.807, 2.05) is 39.0 Å². The molecule has 3 aliphatic heterocycles. The van der Waals surface area contributed by atoms with Crippen LogP contribution in [0, 0.1) is 25.7 Å². The maximum atomic E-state index is 13.9. The molecule has 7 atom stereocenters. The summed E-state index contributed by atoms with van der Waals surface area (Å²) in [4.78, 5) is 42.1. The monoisotopic (exact) mass is 523 g/mol. The average molecular weight is 524 g/mol. The number of benzene rings is 1. The Hall–Kier alpha value is -1.58. The summed E-state index contributed by atoms with van der Waals surface area (Å²) >= 11 is 5.33. The zero-order chi connectivity index (χ0) is 23.4. The van der Waals surface area contributed by atoms with Gasteiger partial charge in [-0.3, -0.25) is 14.4 Å². The third-order valence-electron chi connectivity index (χ3n) is 7.33. The predicted octanol–water partition coefficient (Wildman–Crippen LogP) is 2.22. The lowest BCUT2D eigenvalue weighted by Gasteiger charge is -2.37. The van der Waals surface area contributed by atoms with Gasteiger partial charge in [0.15, 0.2) is 0 Å². The summed E-state index contributed by atoms with van der Waals surface area (Å²) in [6, 6.07) is 4.58. The number of nitrogens with one attached hydrogen (secondary N) is 2. The minimum absolute atomic E-state index is 0.0310. The third-order valence-corrected chi connectivity index (χ3v) is 10.5. The molecule has 3 heterocycles. The Morgan fingerprint density at radius 1 is 1.31 bits per heavy atom. The topological polar surface area (TPSA) is 98.7 Å². The van der Waals surface area contributed by atoms with Gasteiger partial charge < -0.3 is 20.6 Å². The van der Waals surface area contributed by atoms with E-state index < -0.39 is 28.7 Å². The number of aliphatic hydroxyl groups excluding tert-OH is 1. The first-order chi connectivity index (χ1) is 15.2. The Balaban J connectivity index is 1.80. The maximum absolute atomic E-state index is 13.9. The van der Waals surface area contributed by atoms with E-state index in [0.717, 1.165) is 16.8 Å². The number of hydrogen-bond donors (Lipinski definition) is 3. The first-order valence-corrected chi connectivity index (χ1v) is 12.8. The molecule has 3 unspecified atom stereocenters. The van der Waals surface area contributed by atoms with E-state index in [9.17, 15) is 19.5 Å². The van der Waals surface area contributed by atoms with Crippen molar-refractivity contribution in [2.75, 3.05) is 19.0 Å². The van der Waals surface area contributed by atoms with Crippen molar-refractivity contribution in [3.8, 4) is 0 Å². The maximum Gasteiger partial charge on any atom is 0.248 e. The largest absolute Gasteiger partial charge is 0.394 e. The molecule has 7 nitrogen and oxygen atoms in total. The number of aryl methyl sites for hydroxylation is 2. The number of para-hydroxylation sites is 1. The summed E-state index contributed by atoms with van der Waals surface area (Å²) in [5.74, 6) is -1.71. The number of anilines is 1. The second-order valence-corrected chi connectivity index (χ2v) is 11.7. The van der Waals surface area contributed by atoms with Gasteiger partial charge in [0, 0.05) is 22.8 Å². The molecule has 0 aliphatic carbocycles. The van der Waals surface area contributed by atoms with Crippen LogP contribution in [0.4, 0.5) is 5.69 Å². The van der Waals surface area contributed by atoms with Gasteiger partial charge in [-0.25, -0.2) is 0 Å². The van der Waals surface area contributed by atoms with Gasteiger partial charge in [0.05, 0.1) is 29.2 Å². The number of hydrogen-bond acceptors (Lipinski definition) is 5.